The molecule has 4 aliphatic rings. The lowest BCUT2D eigenvalue weighted by molar-refractivity contribution is -0.136. The molecule has 12 heteroatoms. The highest BCUT2D eigenvalue weighted by molar-refractivity contribution is 6.28. The van der Waals surface area contributed by atoms with Gasteiger partial charge >= 0.3 is 0 Å². The van der Waals surface area contributed by atoms with Crippen LogP contribution < -0.4 is 10.2 Å². The van der Waals surface area contributed by atoms with Crippen molar-refractivity contribution in [2.75, 3.05) is 44.3 Å². The molecular weight excluding hydrogens is 527 g/mol. The number of amides is 3. The Morgan fingerprint density at radius 2 is 1.85 bits per heavy atom. The van der Waals surface area contributed by atoms with Crippen LogP contribution >= 0.6 is 11.6 Å². The molecule has 39 heavy (non-hydrogen) atoms. The Kier molecular flexibility index (Phi) is 7.22. The average Bonchev–Trinajstić information content (AvgIpc) is 3.25. The second-order valence-corrected chi connectivity index (χ2v) is 10.9. The highest BCUT2D eigenvalue weighted by Crippen LogP contribution is 2.36. The second kappa shape index (κ2) is 10.8. The molecule has 1 aromatic carbocycles. The molecule has 3 fully saturated rings. The maximum atomic E-state index is 15.3. The fraction of sp³-hybridized carbons (Fsp3) is 0.519. The Balaban J connectivity index is 1.12. The number of hydrogen-bond donors (Lipinski definition) is 1. The third-order valence-electron chi connectivity index (χ3n) is 8.19. The molecule has 3 saturated heterocycles. The van der Waals surface area contributed by atoms with Crippen LogP contribution in [0.2, 0.25) is 5.28 Å². The summed E-state index contributed by atoms with van der Waals surface area (Å²) in [5.41, 5.74) is 2.67. The summed E-state index contributed by atoms with van der Waals surface area (Å²) in [6.07, 6.45) is 3.82. The number of aromatic nitrogens is 2. The molecule has 1 unspecified atom stereocenters. The van der Waals surface area contributed by atoms with Crippen molar-refractivity contribution in [1.29, 1.82) is 0 Å². The van der Waals surface area contributed by atoms with Crippen molar-refractivity contribution in [2.24, 2.45) is 0 Å². The molecule has 10 nitrogen and oxygen atoms in total. The number of fused-ring (bicyclic) bond motifs is 1. The molecule has 0 aliphatic carbocycles. The molecular formula is C27H30ClFN6O4. The van der Waals surface area contributed by atoms with Crippen LogP contribution in [-0.2, 0) is 27.4 Å². The lowest BCUT2D eigenvalue weighted by Gasteiger charge is -2.34. The number of likely N-dealkylation sites (tertiary alicyclic amines) is 1. The van der Waals surface area contributed by atoms with Crippen molar-refractivity contribution in [2.45, 2.75) is 50.7 Å². The summed E-state index contributed by atoms with van der Waals surface area (Å²) < 4.78 is 20.8. The largest absolute Gasteiger partial charge is 0.378 e. The van der Waals surface area contributed by atoms with Crippen LogP contribution in [0.5, 0.6) is 0 Å². The van der Waals surface area contributed by atoms with E-state index in [2.05, 4.69) is 25.1 Å². The quantitative estimate of drug-likeness (QED) is 0.441. The molecule has 5 heterocycles. The fourth-order valence-corrected chi connectivity index (χ4v) is 6.23. The first-order valence-electron chi connectivity index (χ1n) is 13.4. The zero-order valence-corrected chi connectivity index (χ0v) is 22.3. The van der Waals surface area contributed by atoms with Gasteiger partial charge in [-0.3, -0.25) is 24.6 Å². The summed E-state index contributed by atoms with van der Waals surface area (Å²) in [4.78, 5) is 51.5. The minimum absolute atomic E-state index is 0.0338. The maximum absolute atomic E-state index is 15.3. The highest BCUT2D eigenvalue weighted by atomic mass is 35.5. The first-order chi connectivity index (χ1) is 18.9. The number of nitrogens with zero attached hydrogens (tertiary/aromatic N) is 5. The van der Waals surface area contributed by atoms with Gasteiger partial charge in [0.2, 0.25) is 17.1 Å². The van der Waals surface area contributed by atoms with E-state index >= 15 is 4.39 Å². The van der Waals surface area contributed by atoms with Gasteiger partial charge in [-0.2, -0.15) is 0 Å². The summed E-state index contributed by atoms with van der Waals surface area (Å²) in [7, 11) is 0. The van der Waals surface area contributed by atoms with Gasteiger partial charge < -0.3 is 14.5 Å². The Hall–Kier alpha value is -3.15. The Labute approximate surface area is 230 Å². The molecule has 2 aromatic rings. The van der Waals surface area contributed by atoms with E-state index in [-0.39, 0.29) is 48.2 Å². The van der Waals surface area contributed by atoms with Gasteiger partial charge in [0.05, 0.1) is 13.2 Å². The predicted molar refractivity (Wildman–Crippen MR) is 140 cm³/mol. The lowest BCUT2D eigenvalue weighted by atomic mass is 9.87. The van der Waals surface area contributed by atoms with E-state index in [1.165, 1.54) is 11.0 Å². The van der Waals surface area contributed by atoms with Crippen molar-refractivity contribution in [1.82, 2.24) is 25.1 Å². The van der Waals surface area contributed by atoms with E-state index in [1.54, 1.807) is 12.3 Å². The van der Waals surface area contributed by atoms with Crippen molar-refractivity contribution in [3.05, 3.63) is 51.7 Å². The third kappa shape index (κ3) is 5.22. The monoisotopic (exact) mass is 556 g/mol. The SMILES string of the molecule is O=C1CCC(N2Cc3cc(C4CCN(Cc5cnc(Cl)nc5N5CCOCC5)CC4)c(F)cc3C2=O)C(=O)N1. The minimum atomic E-state index is -0.712. The van der Waals surface area contributed by atoms with Crippen LogP contribution in [-0.4, -0.2) is 82.9 Å². The highest BCUT2D eigenvalue weighted by Gasteiger charge is 2.40. The van der Waals surface area contributed by atoms with Gasteiger partial charge in [-0.05, 0) is 67.1 Å². The summed E-state index contributed by atoms with van der Waals surface area (Å²) in [5, 5.41) is 2.52. The van der Waals surface area contributed by atoms with E-state index < -0.39 is 11.9 Å². The molecule has 0 spiro atoms. The van der Waals surface area contributed by atoms with Gasteiger partial charge in [-0.1, -0.05) is 6.07 Å². The summed E-state index contributed by atoms with van der Waals surface area (Å²) in [6.45, 7) is 5.30. The normalized spacial score (nSPS) is 22.8. The molecule has 3 amide bonds. The van der Waals surface area contributed by atoms with Crippen LogP contribution in [0.25, 0.3) is 0 Å². The number of benzene rings is 1. The summed E-state index contributed by atoms with van der Waals surface area (Å²) in [6, 6.07) is 2.42. The Morgan fingerprint density at radius 1 is 1.08 bits per heavy atom. The van der Waals surface area contributed by atoms with E-state index in [4.69, 9.17) is 16.3 Å². The van der Waals surface area contributed by atoms with Gasteiger partial charge in [-0.15, -0.1) is 0 Å². The number of carbonyl (C=O) groups is 3. The number of nitrogens with one attached hydrogen (secondary N) is 1. The van der Waals surface area contributed by atoms with Gasteiger partial charge in [0.15, 0.2) is 0 Å². The second-order valence-electron chi connectivity index (χ2n) is 10.6. The predicted octanol–water partition coefficient (Wildman–Crippen LogP) is 2.25. The number of imide groups is 1. The number of rotatable bonds is 5. The molecule has 206 valence electrons. The number of morpholine rings is 1. The van der Waals surface area contributed by atoms with E-state index in [1.807, 2.05) is 0 Å². The van der Waals surface area contributed by atoms with E-state index in [0.717, 1.165) is 56.0 Å². The number of halogens is 2. The van der Waals surface area contributed by atoms with Crippen molar-refractivity contribution in [3.8, 4) is 0 Å². The molecule has 1 N–H and O–H groups in total. The lowest BCUT2D eigenvalue weighted by Crippen LogP contribution is -2.52. The number of carbonyl (C=O) groups excluding carboxylic acids is 3. The first kappa shape index (κ1) is 26.1. The topological polar surface area (TPSA) is 108 Å². The van der Waals surface area contributed by atoms with Crippen LogP contribution in [0.3, 0.4) is 0 Å². The van der Waals surface area contributed by atoms with E-state index in [0.29, 0.717) is 30.9 Å². The number of ether oxygens (including phenoxy) is 1. The summed E-state index contributed by atoms with van der Waals surface area (Å²) >= 11 is 6.11. The van der Waals surface area contributed by atoms with Gasteiger partial charge in [0.1, 0.15) is 17.7 Å². The zero-order chi connectivity index (χ0) is 27.1. The van der Waals surface area contributed by atoms with Crippen molar-refractivity contribution < 1.29 is 23.5 Å². The zero-order valence-electron chi connectivity index (χ0n) is 21.5. The van der Waals surface area contributed by atoms with Gasteiger partial charge in [-0.25, -0.2) is 14.4 Å². The van der Waals surface area contributed by atoms with Crippen LogP contribution in [0.15, 0.2) is 18.3 Å². The Morgan fingerprint density at radius 3 is 2.59 bits per heavy atom. The van der Waals surface area contributed by atoms with Crippen LogP contribution in [0.1, 0.15) is 58.6 Å². The van der Waals surface area contributed by atoms with Crippen molar-refractivity contribution >= 4 is 35.1 Å². The smallest absolute Gasteiger partial charge is 0.255 e. The van der Waals surface area contributed by atoms with Crippen molar-refractivity contribution in [3.63, 3.8) is 0 Å². The molecule has 6 rings (SSSR count). The van der Waals surface area contributed by atoms with Crippen LogP contribution in [0.4, 0.5) is 10.2 Å². The first-order valence-corrected chi connectivity index (χ1v) is 13.8. The Bertz CT molecular complexity index is 1310. The maximum Gasteiger partial charge on any atom is 0.255 e. The standard InChI is InChI=1S/C27H30ClFN6O4/c28-27-30-13-18(24(32-27)34-7-9-39-10-8-34)14-33-5-3-16(4-6-33)19-11-17-15-35(26(38)20(17)12-21(19)29)22-1-2-23(36)31-25(22)37/h11-13,16,22H,1-10,14-15H2,(H,31,36,37). The average molecular weight is 557 g/mol. The number of hydrogen-bond acceptors (Lipinski definition) is 8. The van der Waals surface area contributed by atoms with Gasteiger partial charge in [0.25, 0.3) is 5.91 Å². The van der Waals surface area contributed by atoms with Gasteiger partial charge in [0, 0.05) is 49.9 Å². The molecule has 1 aromatic heterocycles. The minimum Gasteiger partial charge on any atom is -0.378 e. The molecule has 0 bridgehead atoms. The molecule has 0 saturated carbocycles. The van der Waals surface area contributed by atoms with Crippen LogP contribution in [0, 0.1) is 5.82 Å². The molecule has 4 aliphatic heterocycles. The fourth-order valence-electron chi connectivity index (χ4n) is 6.10. The number of anilines is 1. The van der Waals surface area contributed by atoms with E-state index in [9.17, 15) is 14.4 Å². The molecule has 1 atom stereocenters. The number of piperidine rings is 2. The summed E-state index contributed by atoms with van der Waals surface area (Å²) in [5.74, 6) is -0.668. The molecule has 0 radical (unpaired) electrons. The third-order valence-corrected chi connectivity index (χ3v) is 8.37.